The zero-order valence-corrected chi connectivity index (χ0v) is 12.3. The molecule has 110 valence electrons. The number of imidazole rings is 1. The van der Waals surface area contributed by atoms with Gasteiger partial charge in [-0.2, -0.15) is 5.26 Å². The van der Waals surface area contributed by atoms with Crippen molar-refractivity contribution in [3.8, 4) is 23.1 Å². The van der Waals surface area contributed by atoms with E-state index in [1.807, 2.05) is 41.7 Å². The molecule has 0 aliphatic carbocycles. The summed E-state index contributed by atoms with van der Waals surface area (Å²) in [5.74, 6) is 0.764. The molecule has 2 heterocycles. The van der Waals surface area contributed by atoms with Crippen molar-refractivity contribution in [1.29, 1.82) is 5.26 Å². The van der Waals surface area contributed by atoms with Gasteiger partial charge in [0, 0.05) is 17.4 Å². The molecule has 0 saturated carbocycles. The second-order valence-electron chi connectivity index (χ2n) is 4.86. The quantitative estimate of drug-likeness (QED) is 0.801. The molecule has 5 nitrogen and oxygen atoms in total. The van der Waals surface area contributed by atoms with Crippen LogP contribution in [0.5, 0.6) is 5.75 Å². The largest absolute Gasteiger partial charge is 0.493 e. The standard InChI is InChI=1S/C17H16N4O/c1-2-22-15-6-4-3-5-13(15)17-14(9-10-18)21-11-12(19)7-8-16(21)20-17/h3-8,11H,2,9,19H2,1H3. The Hall–Kier alpha value is -3.00. The molecule has 0 spiro atoms. The Labute approximate surface area is 128 Å². The molecule has 2 N–H and O–H groups in total. The van der Waals surface area contributed by atoms with E-state index in [1.165, 1.54) is 0 Å². The summed E-state index contributed by atoms with van der Waals surface area (Å²) < 4.78 is 7.56. The lowest BCUT2D eigenvalue weighted by atomic mass is 10.1. The van der Waals surface area contributed by atoms with Crippen molar-refractivity contribution in [2.75, 3.05) is 12.3 Å². The summed E-state index contributed by atoms with van der Waals surface area (Å²) in [7, 11) is 0. The van der Waals surface area contributed by atoms with Gasteiger partial charge in [0.2, 0.25) is 0 Å². The molecule has 0 radical (unpaired) electrons. The minimum Gasteiger partial charge on any atom is -0.493 e. The zero-order chi connectivity index (χ0) is 15.5. The van der Waals surface area contributed by atoms with Crippen LogP contribution in [0.3, 0.4) is 0 Å². The summed E-state index contributed by atoms with van der Waals surface area (Å²) in [5, 5.41) is 9.16. The number of nitrogen functional groups attached to an aromatic ring is 1. The first-order valence-corrected chi connectivity index (χ1v) is 7.10. The number of anilines is 1. The maximum absolute atomic E-state index is 9.16. The lowest BCUT2D eigenvalue weighted by Crippen LogP contribution is -1.98. The summed E-state index contributed by atoms with van der Waals surface area (Å²) >= 11 is 0. The van der Waals surface area contributed by atoms with Crippen molar-refractivity contribution >= 4 is 11.3 Å². The smallest absolute Gasteiger partial charge is 0.137 e. The van der Waals surface area contributed by atoms with E-state index < -0.39 is 0 Å². The van der Waals surface area contributed by atoms with Crippen LogP contribution in [-0.2, 0) is 6.42 Å². The minimum absolute atomic E-state index is 0.250. The molecule has 3 aromatic rings. The molecule has 0 saturated heterocycles. The Balaban J connectivity index is 2.27. The van der Waals surface area contributed by atoms with Crippen molar-refractivity contribution in [1.82, 2.24) is 9.38 Å². The van der Waals surface area contributed by atoms with Gasteiger partial charge in [-0.05, 0) is 31.2 Å². The number of fused-ring (bicyclic) bond motifs is 1. The number of para-hydroxylation sites is 1. The number of hydrogen-bond acceptors (Lipinski definition) is 4. The molecule has 0 aliphatic rings. The average Bonchev–Trinajstić information content (AvgIpc) is 2.87. The van der Waals surface area contributed by atoms with E-state index in [0.717, 1.165) is 28.3 Å². The Morgan fingerprint density at radius 1 is 1.27 bits per heavy atom. The highest BCUT2D eigenvalue weighted by atomic mass is 16.5. The fraction of sp³-hybridized carbons (Fsp3) is 0.176. The average molecular weight is 292 g/mol. The highest BCUT2D eigenvalue weighted by Gasteiger charge is 2.17. The molecule has 0 fully saturated rings. The number of pyridine rings is 1. The van der Waals surface area contributed by atoms with E-state index >= 15 is 0 Å². The van der Waals surface area contributed by atoms with Crippen LogP contribution in [0.2, 0.25) is 0 Å². The molecule has 5 heteroatoms. The Bertz CT molecular complexity index is 861. The molecule has 0 amide bonds. The number of ether oxygens (including phenoxy) is 1. The van der Waals surface area contributed by atoms with Gasteiger partial charge in [-0.1, -0.05) is 12.1 Å². The van der Waals surface area contributed by atoms with Crippen molar-refractivity contribution in [2.45, 2.75) is 13.3 Å². The molecule has 0 unspecified atom stereocenters. The van der Waals surface area contributed by atoms with E-state index in [0.29, 0.717) is 12.3 Å². The molecule has 0 aliphatic heterocycles. The van der Waals surface area contributed by atoms with Crippen LogP contribution in [-0.4, -0.2) is 16.0 Å². The van der Waals surface area contributed by atoms with Crippen LogP contribution < -0.4 is 10.5 Å². The van der Waals surface area contributed by atoms with E-state index in [2.05, 4.69) is 11.1 Å². The van der Waals surface area contributed by atoms with Crippen LogP contribution in [0.1, 0.15) is 12.6 Å². The van der Waals surface area contributed by atoms with Gasteiger partial charge in [-0.25, -0.2) is 4.98 Å². The van der Waals surface area contributed by atoms with Gasteiger partial charge in [0.25, 0.3) is 0 Å². The second kappa shape index (κ2) is 5.78. The number of hydrogen-bond donors (Lipinski definition) is 1. The molecule has 0 atom stereocenters. The van der Waals surface area contributed by atoms with Crippen molar-refractivity contribution in [3.05, 3.63) is 48.3 Å². The van der Waals surface area contributed by atoms with Crippen LogP contribution in [0.15, 0.2) is 42.6 Å². The van der Waals surface area contributed by atoms with Gasteiger partial charge in [0.1, 0.15) is 11.4 Å². The predicted molar refractivity (Wildman–Crippen MR) is 85.5 cm³/mol. The highest BCUT2D eigenvalue weighted by molar-refractivity contribution is 5.73. The Morgan fingerprint density at radius 3 is 2.86 bits per heavy atom. The molecule has 3 rings (SSSR count). The molecular weight excluding hydrogens is 276 g/mol. The number of nitrogens with zero attached hydrogens (tertiary/aromatic N) is 3. The lowest BCUT2D eigenvalue weighted by Gasteiger charge is -2.09. The van der Waals surface area contributed by atoms with Gasteiger partial charge in [-0.3, -0.25) is 0 Å². The van der Waals surface area contributed by atoms with Gasteiger partial charge >= 0.3 is 0 Å². The first kappa shape index (κ1) is 14.0. The molecular formula is C17H16N4O. The van der Waals surface area contributed by atoms with Crippen LogP contribution in [0, 0.1) is 11.3 Å². The van der Waals surface area contributed by atoms with Crippen molar-refractivity contribution < 1.29 is 4.74 Å². The Morgan fingerprint density at radius 2 is 2.09 bits per heavy atom. The topological polar surface area (TPSA) is 76.3 Å². The normalized spacial score (nSPS) is 10.5. The van der Waals surface area contributed by atoms with E-state index in [-0.39, 0.29) is 6.42 Å². The lowest BCUT2D eigenvalue weighted by molar-refractivity contribution is 0.341. The van der Waals surface area contributed by atoms with Crippen LogP contribution >= 0.6 is 0 Å². The second-order valence-corrected chi connectivity index (χ2v) is 4.86. The monoisotopic (exact) mass is 292 g/mol. The Kier molecular flexibility index (Phi) is 3.67. The summed E-state index contributed by atoms with van der Waals surface area (Å²) in [5.41, 5.74) is 9.72. The summed E-state index contributed by atoms with van der Waals surface area (Å²) in [6, 6.07) is 13.6. The van der Waals surface area contributed by atoms with Crippen molar-refractivity contribution in [3.63, 3.8) is 0 Å². The minimum atomic E-state index is 0.250. The SMILES string of the molecule is CCOc1ccccc1-c1nc2ccc(N)cn2c1CC#N. The first-order chi connectivity index (χ1) is 10.7. The number of benzene rings is 1. The van der Waals surface area contributed by atoms with E-state index in [9.17, 15) is 0 Å². The number of rotatable bonds is 4. The summed E-state index contributed by atoms with van der Waals surface area (Å²) in [6.45, 7) is 2.52. The third-order valence-electron chi connectivity index (χ3n) is 3.43. The number of aromatic nitrogens is 2. The summed E-state index contributed by atoms with van der Waals surface area (Å²) in [6.07, 6.45) is 2.04. The molecule has 0 bridgehead atoms. The van der Waals surface area contributed by atoms with Gasteiger partial charge < -0.3 is 14.9 Å². The van der Waals surface area contributed by atoms with E-state index in [4.69, 9.17) is 15.7 Å². The zero-order valence-electron chi connectivity index (χ0n) is 12.3. The van der Waals surface area contributed by atoms with Gasteiger partial charge in [0.15, 0.2) is 0 Å². The first-order valence-electron chi connectivity index (χ1n) is 7.10. The van der Waals surface area contributed by atoms with Crippen LogP contribution in [0.4, 0.5) is 5.69 Å². The summed E-state index contributed by atoms with van der Waals surface area (Å²) in [4.78, 5) is 4.66. The fourth-order valence-electron chi connectivity index (χ4n) is 2.51. The maximum Gasteiger partial charge on any atom is 0.137 e. The molecule has 22 heavy (non-hydrogen) atoms. The van der Waals surface area contributed by atoms with Crippen molar-refractivity contribution in [2.24, 2.45) is 0 Å². The molecule has 2 aromatic heterocycles. The fourth-order valence-corrected chi connectivity index (χ4v) is 2.51. The molecule has 1 aromatic carbocycles. The highest BCUT2D eigenvalue weighted by Crippen LogP contribution is 2.32. The van der Waals surface area contributed by atoms with E-state index in [1.54, 1.807) is 12.3 Å². The maximum atomic E-state index is 9.16. The van der Waals surface area contributed by atoms with Crippen LogP contribution in [0.25, 0.3) is 16.9 Å². The number of nitriles is 1. The third kappa shape index (κ3) is 2.35. The van der Waals surface area contributed by atoms with Gasteiger partial charge in [0.05, 0.1) is 30.5 Å². The number of nitrogens with two attached hydrogens (primary N) is 1. The third-order valence-corrected chi connectivity index (χ3v) is 3.43. The predicted octanol–water partition coefficient (Wildman–Crippen LogP) is 3.05. The van der Waals surface area contributed by atoms with Gasteiger partial charge in [-0.15, -0.1) is 0 Å².